The highest BCUT2D eigenvalue weighted by atomic mass is 79.9. The fourth-order valence-corrected chi connectivity index (χ4v) is 2.53. The lowest BCUT2D eigenvalue weighted by atomic mass is 10.1. The molecule has 0 aliphatic carbocycles. The molecule has 2 heterocycles. The predicted molar refractivity (Wildman–Crippen MR) is 71.8 cm³/mol. The number of aliphatic hydroxyl groups is 3. The summed E-state index contributed by atoms with van der Waals surface area (Å²) in [6, 6.07) is 0. The molecule has 1 aromatic heterocycles. The molecule has 112 valence electrons. The summed E-state index contributed by atoms with van der Waals surface area (Å²) < 4.78 is 6.27. The van der Waals surface area contributed by atoms with Gasteiger partial charge in [0.05, 0.1) is 6.61 Å². The number of hydrogen-bond acceptors (Lipinski definition) is 6. The second-order valence-corrected chi connectivity index (χ2v) is 5.28. The summed E-state index contributed by atoms with van der Waals surface area (Å²) in [6.07, 6.45) is -3.11. The van der Waals surface area contributed by atoms with Gasteiger partial charge in [-0.05, 0) is 6.42 Å². The fraction of sp³-hybridized carbons (Fsp3) is 0.636. The fourth-order valence-electron chi connectivity index (χ4n) is 2.11. The number of alkyl halides is 1. The maximum atomic E-state index is 11.8. The first kappa shape index (κ1) is 15.4. The molecule has 0 radical (unpaired) electrons. The quantitative estimate of drug-likeness (QED) is 0.469. The van der Waals surface area contributed by atoms with Crippen LogP contribution in [0.2, 0.25) is 0 Å². The monoisotopic (exact) mass is 350 g/mol. The van der Waals surface area contributed by atoms with Gasteiger partial charge >= 0.3 is 5.69 Å². The van der Waals surface area contributed by atoms with Crippen molar-refractivity contribution in [2.45, 2.75) is 31.0 Å². The highest BCUT2D eigenvalue weighted by molar-refractivity contribution is 9.09. The van der Waals surface area contributed by atoms with Crippen molar-refractivity contribution in [3.05, 3.63) is 32.6 Å². The Bertz CT molecular complexity index is 585. The van der Waals surface area contributed by atoms with E-state index < -0.39 is 42.4 Å². The molecule has 2 rings (SSSR count). The van der Waals surface area contributed by atoms with Crippen LogP contribution in [0, 0.1) is 0 Å². The Balaban J connectivity index is 2.40. The van der Waals surface area contributed by atoms with Crippen LogP contribution in [-0.2, 0) is 11.2 Å². The average molecular weight is 351 g/mol. The van der Waals surface area contributed by atoms with Crippen LogP contribution < -0.4 is 11.2 Å². The zero-order chi connectivity index (χ0) is 14.9. The Morgan fingerprint density at radius 1 is 1.35 bits per heavy atom. The number of aryl methyl sites for hydroxylation is 1. The summed E-state index contributed by atoms with van der Waals surface area (Å²) in [5.74, 6) is 0. The summed E-state index contributed by atoms with van der Waals surface area (Å²) in [6.45, 7) is -0.485. The lowest BCUT2D eigenvalue weighted by Gasteiger charge is -2.17. The van der Waals surface area contributed by atoms with Crippen molar-refractivity contribution in [1.82, 2.24) is 9.55 Å². The van der Waals surface area contributed by atoms with Crippen LogP contribution in [0.3, 0.4) is 0 Å². The van der Waals surface area contributed by atoms with E-state index in [1.54, 1.807) is 0 Å². The van der Waals surface area contributed by atoms with Gasteiger partial charge < -0.3 is 20.1 Å². The van der Waals surface area contributed by atoms with Crippen LogP contribution in [0.25, 0.3) is 0 Å². The second-order valence-electron chi connectivity index (χ2n) is 4.49. The van der Waals surface area contributed by atoms with Gasteiger partial charge in [0.25, 0.3) is 5.56 Å². The number of H-pyrrole nitrogens is 1. The van der Waals surface area contributed by atoms with Crippen molar-refractivity contribution in [3.63, 3.8) is 0 Å². The predicted octanol–water partition coefficient (Wildman–Crippen LogP) is -1.91. The maximum Gasteiger partial charge on any atom is 0.330 e. The van der Waals surface area contributed by atoms with E-state index in [0.29, 0.717) is 17.3 Å². The van der Waals surface area contributed by atoms with Crippen LogP contribution >= 0.6 is 15.9 Å². The number of hydrogen-bond donors (Lipinski definition) is 4. The zero-order valence-corrected chi connectivity index (χ0v) is 12.0. The topological polar surface area (TPSA) is 125 Å². The van der Waals surface area contributed by atoms with Crippen LogP contribution in [0.5, 0.6) is 0 Å². The minimum atomic E-state index is -1.37. The molecule has 0 saturated carbocycles. The normalized spacial score (nSPS) is 29.8. The molecule has 0 bridgehead atoms. The summed E-state index contributed by atoms with van der Waals surface area (Å²) in [5.41, 5.74) is -0.903. The molecule has 1 saturated heterocycles. The number of ether oxygens (including phenoxy) is 1. The molecule has 4 N–H and O–H groups in total. The third kappa shape index (κ3) is 2.72. The number of aliphatic hydroxyl groups excluding tert-OH is 3. The van der Waals surface area contributed by atoms with Crippen LogP contribution in [0.15, 0.2) is 15.8 Å². The molecule has 9 heteroatoms. The minimum absolute atomic E-state index is 0.346. The molecule has 4 atom stereocenters. The van der Waals surface area contributed by atoms with Crippen LogP contribution in [-0.4, -0.2) is 55.1 Å². The molecule has 1 aliphatic heterocycles. The minimum Gasteiger partial charge on any atom is -0.394 e. The highest BCUT2D eigenvalue weighted by Gasteiger charge is 2.43. The number of nitrogens with zero attached hydrogens (tertiary/aromatic N) is 1. The van der Waals surface area contributed by atoms with Gasteiger partial charge in [-0.25, -0.2) is 4.79 Å². The molecule has 8 nitrogen and oxygen atoms in total. The Hall–Kier alpha value is -1.00. The zero-order valence-electron chi connectivity index (χ0n) is 10.4. The third-order valence-electron chi connectivity index (χ3n) is 3.20. The smallest absolute Gasteiger partial charge is 0.330 e. The summed E-state index contributed by atoms with van der Waals surface area (Å²) in [5, 5.41) is 29.1. The van der Waals surface area contributed by atoms with Crippen molar-refractivity contribution in [1.29, 1.82) is 0 Å². The lowest BCUT2D eigenvalue weighted by Crippen LogP contribution is -2.39. The highest BCUT2D eigenvalue weighted by Crippen LogP contribution is 2.27. The standard InChI is InChI=1S/C11H15BrN2O6/c12-2-1-5-3-14(11(19)13-9(5)18)10-8(17)7(16)6(4-15)20-10/h3,6-8,10,15-17H,1-2,4H2,(H,13,18,19)/t6-,7-,8+,10-/m1/s1. The van der Waals surface area contributed by atoms with Crippen molar-refractivity contribution in [2.75, 3.05) is 11.9 Å². The molecule has 0 unspecified atom stereocenters. The molecular formula is C11H15BrN2O6. The van der Waals surface area contributed by atoms with Gasteiger partial charge in [-0.3, -0.25) is 14.3 Å². The molecule has 0 spiro atoms. The molecule has 0 amide bonds. The van der Waals surface area contributed by atoms with E-state index >= 15 is 0 Å². The number of rotatable bonds is 4. The number of nitrogens with one attached hydrogen (secondary N) is 1. The van der Waals surface area contributed by atoms with Crippen LogP contribution in [0.4, 0.5) is 0 Å². The van der Waals surface area contributed by atoms with E-state index in [2.05, 4.69) is 20.9 Å². The SMILES string of the molecule is O=c1[nH]c(=O)n([C@@H]2O[C@H](CO)[C@@H](O)[C@@H]2O)cc1CCBr. The van der Waals surface area contributed by atoms with Gasteiger partial charge in [-0.1, -0.05) is 15.9 Å². The Morgan fingerprint density at radius 2 is 2.05 bits per heavy atom. The van der Waals surface area contributed by atoms with Gasteiger partial charge in [0.15, 0.2) is 6.23 Å². The molecule has 1 aromatic rings. The number of aromatic nitrogens is 2. The Morgan fingerprint density at radius 3 is 2.60 bits per heavy atom. The summed E-state index contributed by atoms with van der Waals surface area (Å²) >= 11 is 3.20. The number of halogens is 1. The van der Waals surface area contributed by atoms with Gasteiger partial charge in [-0.2, -0.15) is 0 Å². The van der Waals surface area contributed by atoms with E-state index in [1.165, 1.54) is 6.20 Å². The molecule has 0 aromatic carbocycles. The lowest BCUT2D eigenvalue weighted by molar-refractivity contribution is -0.0551. The summed E-state index contributed by atoms with van der Waals surface area (Å²) in [4.78, 5) is 25.5. The molecule has 1 aliphatic rings. The molecule has 1 fully saturated rings. The summed E-state index contributed by atoms with van der Waals surface area (Å²) in [7, 11) is 0. The van der Waals surface area contributed by atoms with Crippen molar-refractivity contribution in [3.8, 4) is 0 Å². The van der Waals surface area contributed by atoms with Crippen molar-refractivity contribution in [2.24, 2.45) is 0 Å². The first-order valence-electron chi connectivity index (χ1n) is 6.02. The average Bonchev–Trinajstić information content (AvgIpc) is 2.70. The van der Waals surface area contributed by atoms with E-state index in [0.717, 1.165) is 4.57 Å². The van der Waals surface area contributed by atoms with E-state index in [-0.39, 0.29) is 0 Å². The largest absolute Gasteiger partial charge is 0.394 e. The first-order valence-corrected chi connectivity index (χ1v) is 7.14. The van der Waals surface area contributed by atoms with Gasteiger partial charge in [-0.15, -0.1) is 0 Å². The second kappa shape index (κ2) is 6.19. The maximum absolute atomic E-state index is 11.8. The van der Waals surface area contributed by atoms with Gasteiger partial charge in [0.1, 0.15) is 18.3 Å². The van der Waals surface area contributed by atoms with Gasteiger partial charge in [0, 0.05) is 17.1 Å². The Kier molecular flexibility index (Phi) is 4.76. The van der Waals surface area contributed by atoms with Gasteiger partial charge in [0.2, 0.25) is 0 Å². The van der Waals surface area contributed by atoms with E-state index in [1.807, 2.05) is 0 Å². The molecule has 20 heavy (non-hydrogen) atoms. The third-order valence-corrected chi connectivity index (χ3v) is 3.59. The first-order chi connectivity index (χ1) is 9.49. The Labute approximate surface area is 121 Å². The van der Waals surface area contributed by atoms with E-state index in [4.69, 9.17) is 9.84 Å². The molecular weight excluding hydrogens is 336 g/mol. The van der Waals surface area contributed by atoms with Crippen LogP contribution in [0.1, 0.15) is 11.8 Å². The van der Waals surface area contributed by atoms with E-state index in [9.17, 15) is 19.8 Å². The van der Waals surface area contributed by atoms with Crippen molar-refractivity contribution < 1.29 is 20.1 Å². The van der Waals surface area contributed by atoms with Crippen molar-refractivity contribution >= 4 is 15.9 Å². The number of aromatic amines is 1.